The highest BCUT2D eigenvalue weighted by molar-refractivity contribution is 7.80. The summed E-state index contributed by atoms with van der Waals surface area (Å²) in [5, 5.41) is 2.47. The van der Waals surface area contributed by atoms with Crippen molar-refractivity contribution in [3.05, 3.63) is 71.8 Å². The average Bonchev–Trinajstić information content (AvgIpc) is 2.70. The molecule has 0 heterocycles. The number of nitrogens with one attached hydrogen (secondary N) is 3. The van der Waals surface area contributed by atoms with Crippen molar-refractivity contribution in [3.63, 3.8) is 0 Å². The van der Waals surface area contributed by atoms with Crippen molar-refractivity contribution < 1.29 is 14.3 Å². The summed E-state index contributed by atoms with van der Waals surface area (Å²) in [6.07, 6.45) is 3.88. The van der Waals surface area contributed by atoms with E-state index < -0.39 is 5.91 Å². The van der Waals surface area contributed by atoms with Crippen molar-refractivity contribution in [1.82, 2.24) is 16.2 Å². The molecule has 0 aromatic heterocycles. The minimum atomic E-state index is -0.419. The van der Waals surface area contributed by atoms with Crippen LogP contribution in [0.2, 0.25) is 0 Å². The molecular weight excluding hydrogens is 362 g/mol. The van der Waals surface area contributed by atoms with Crippen molar-refractivity contribution in [2.75, 3.05) is 7.11 Å². The summed E-state index contributed by atoms with van der Waals surface area (Å²) in [7, 11) is 1.56. The number of thiocarbonyl (C=S) groups is 1. The molecule has 2 aromatic rings. The Morgan fingerprint density at radius 1 is 1.04 bits per heavy atom. The van der Waals surface area contributed by atoms with E-state index in [1.165, 1.54) is 6.08 Å². The van der Waals surface area contributed by atoms with Gasteiger partial charge in [-0.05, 0) is 36.3 Å². The maximum Gasteiger partial charge on any atom is 0.250 e. The number of rotatable bonds is 6. The molecule has 0 saturated heterocycles. The first kappa shape index (κ1) is 20.1. The van der Waals surface area contributed by atoms with Crippen LogP contribution in [0.25, 0.3) is 6.08 Å². The number of amides is 2. The molecule has 7 heteroatoms. The molecule has 0 fully saturated rings. The van der Waals surface area contributed by atoms with E-state index in [1.807, 2.05) is 48.5 Å². The lowest BCUT2D eigenvalue weighted by Gasteiger charge is -2.09. The van der Waals surface area contributed by atoms with Crippen LogP contribution >= 0.6 is 12.2 Å². The fourth-order valence-electron chi connectivity index (χ4n) is 2.25. The summed E-state index contributed by atoms with van der Waals surface area (Å²) in [5.41, 5.74) is 6.81. The molecule has 2 rings (SSSR count). The molecule has 6 nitrogen and oxygen atoms in total. The topological polar surface area (TPSA) is 79.5 Å². The zero-order valence-electron chi connectivity index (χ0n) is 14.9. The zero-order valence-corrected chi connectivity index (χ0v) is 15.7. The predicted octanol–water partition coefficient (Wildman–Crippen LogP) is 2.36. The number of methoxy groups -OCH3 is 1. The SMILES string of the molecule is COc1ccccc1/C=C/C(=O)NC(=S)NNC(=O)CCc1ccccc1. The van der Waals surface area contributed by atoms with E-state index in [9.17, 15) is 9.59 Å². The van der Waals surface area contributed by atoms with Gasteiger partial charge in [-0.25, -0.2) is 0 Å². The minimum absolute atomic E-state index is 0.0118. The summed E-state index contributed by atoms with van der Waals surface area (Å²) < 4.78 is 5.21. The molecule has 0 aliphatic heterocycles. The Labute approximate surface area is 163 Å². The van der Waals surface area contributed by atoms with E-state index in [2.05, 4.69) is 16.2 Å². The van der Waals surface area contributed by atoms with Crippen LogP contribution in [0.3, 0.4) is 0 Å². The molecule has 2 amide bonds. The van der Waals surface area contributed by atoms with Crippen LogP contribution in [-0.4, -0.2) is 24.0 Å². The Morgan fingerprint density at radius 3 is 2.48 bits per heavy atom. The first-order chi connectivity index (χ1) is 13.1. The number of benzene rings is 2. The summed E-state index contributed by atoms with van der Waals surface area (Å²) in [6.45, 7) is 0. The lowest BCUT2D eigenvalue weighted by atomic mass is 10.1. The Hall–Kier alpha value is -3.19. The normalized spacial score (nSPS) is 10.3. The van der Waals surface area contributed by atoms with Gasteiger partial charge in [-0.2, -0.15) is 0 Å². The van der Waals surface area contributed by atoms with Crippen LogP contribution in [0.5, 0.6) is 5.75 Å². The van der Waals surface area contributed by atoms with E-state index in [0.717, 1.165) is 11.1 Å². The van der Waals surface area contributed by atoms with Crippen molar-refractivity contribution >= 4 is 35.2 Å². The van der Waals surface area contributed by atoms with Crippen LogP contribution in [-0.2, 0) is 16.0 Å². The Morgan fingerprint density at radius 2 is 1.74 bits per heavy atom. The molecule has 0 unspecified atom stereocenters. The van der Waals surface area contributed by atoms with Gasteiger partial charge in [0.2, 0.25) is 11.8 Å². The number of hydrogen-bond donors (Lipinski definition) is 3. The van der Waals surface area contributed by atoms with Gasteiger partial charge < -0.3 is 4.74 Å². The van der Waals surface area contributed by atoms with Crippen LogP contribution in [0.4, 0.5) is 0 Å². The Bertz CT molecular complexity index is 822. The number of hydrazine groups is 1. The van der Waals surface area contributed by atoms with Crippen molar-refractivity contribution in [1.29, 1.82) is 0 Å². The van der Waals surface area contributed by atoms with E-state index in [4.69, 9.17) is 17.0 Å². The molecule has 0 radical (unpaired) electrons. The van der Waals surface area contributed by atoms with Gasteiger partial charge in [0, 0.05) is 18.1 Å². The number of para-hydroxylation sites is 1. The Kier molecular flexibility index (Phi) is 7.99. The zero-order chi connectivity index (χ0) is 19.5. The average molecular weight is 383 g/mol. The fourth-order valence-corrected chi connectivity index (χ4v) is 2.40. The first-order valence-corrected chi connectivity index (χ1v) is 8.74. The van der Waals surface area contributed by atoms with Gasteiger partial charge in [0.1, 0.15) is 5.75 Å². The van der Waals surface area contributed by atoms with Crippen LogP contribution < -0.4 is 20.9 Å². The van der Waals surface area contributed by atoms with E-state index >= 15 is 0 Å². The van der Waals surface area contributed by atoms with Gasteiger partial charge >= 0.3 is 0 Å². The molecule has 3 N–H and O–H groups in total. The minimum Gasteiger partial charge on any atom is -0.496 e. The van der Waals surface area contributed by atoms with Gasteiger partial charge in [0.25, 0.3) is 0 Å². The first-order valence-electron chi connectivity index (χ1n) is 8.33. The number of carbonyl (C=O) groups is 2. The van der Waals surface area contributed by atoms with Gasteiger partial charge in [0.05, 0.1) is 7.11 Å². The van der Waals surface area contributed by atoms with E-state index in [-0.39, 0.29) is 11.0 Å². The van der Waals surface area contributed by atoms with Crippen LogP contribution in [0, 0.1) is 0 Å². The summed E-state index contributed by atoms with van der Waals surface area (Å²) in [5.74, 6) is 0.0184. The second-order valence-corrected chi connectivity index (χ2v) is 5.96. The third-order valence-corrected chi connectivity index (χ3v) is 3.79. The van der Waals surface area contributed by atoms with Crippen molar-refractivity contribution in [2.45, 2.75) is 12.8 Å². The molecule has 27 heavy (non-hydrogen) atoms. The number of ether oxygens (including phenoxy) is 1. The molecule has 0 spiro atoms. The van der Waals surface area contributed by atoms with Crippen LogP contribution in [0.1, 0.15) is 17.5 Å². The van der Waals surface area contributed by atoms with E-state index in [0.29, 0.717) is 18.6 Å². The van der Waals surface area contributed by atoms with Gasteiger partial charge in [-0.15, -0.1) is 0 Å². The van der Waals surface area contributed by atoms with Gasteiger partial charge in [-0.1, -0.05) is 48.5 Å². The number of hydrogen-bond acceptors (Lipinski definition) is 4. The van der Waals surface area contributed by atoms with Gasteiger partial charge in [-0.3, -0.25) is 25.8 Å². The van der Waals surface area contributed by atoms with E-state index in [1.54, 1.807) is 19.3 Å². The fraction of sp³-hybridized carbons (Fsp3) is 0.150. The molecule has 0 saturated carbocycles. The molecular formula is C20H21N3O3S. The summed E-state index contributed by atoms with van der Waals surface area (Å²) >= 11 is 4.99. The predicted molar refractivity (Wildman–Crippen MR) is 109 cm³/mol. The molecule has 140 valence electrons. The molecule has 0 bridgehead atoms. The highest BCUT2D eigenvalue weighted by Gasteiger charge is 2.05. The van der Waals surface area contributed by atoms with Gasteiger partial charge in [0.15, 0.2) is 5.11 Å². The van der Waals surface area contributed by atoms with Crippen LogP contribution in [0.15, 0.2) is 60.7 Å². The monoisotopic (exact) mass is 383 g/mol. The Balaban J connectivity index is 1.72. The number of aryl methyl sites for hydroxylation is 1. The molecule has 2 aromatic carbocycles. The summed E-state index contributed by atoms with van der Waals surface area (Å²) in [6, 6.07) is 17.0. The number of carbonyl (C=O) groups excluding carboxylic acids is 2. The molecule has 0 aliphatic rings. The largest absolute Gasteiger partial charge is 0.496 e. The highest BCUT2D eigenvalue weighted by atomic mass is 32.1. The smallest absolute Gasteiger partial charge is 0.250 e. The van der Waals surface area contributed by atoms with Crippen molar-refractivity contribution in [2.24, 2.45) is 0 Å². The maximum atomic E-state index is 11.9. The second kappa shape index (κ2) is 10.7. The maximum absolute atomic E-state index is 11.9. The lowest BCUT2D eigenvalue weighted by Crippen LogP contribution is -2.48. The summed E-state index contributed by atoms with van der Waals surface area (Å²) in [4.78, 5) is 23.7. The lowest BCUT2D eigenvalue weighted by molar-refractivity contribution is -0.121. The second-order valence-electron chi connectivity index (χ2n) is 5.55. The standard InChI is InChI=1S/C20H21N3O3S/c1-26-17-10-6-5-9-16(17)12-14-18(24)21-20(27)23-22-19(25)13-11-15-7-3-2-4-8-15/h2-10,12,14H,11,13H2,1H3,(H,22,25)(H2,21,23,24,27)/b14-12+. The third kappa shape index (κ3) is 7.29. The third-order valence-electron chi connectivity index (χ3n) is 3.59. The van der Waals surface area contributed by atoms with Crippen molar-refractivity contribution in [3.8, 4) is 5.75 Å². The molecule has 0 atom stereocenters. The highest BCUT2D eigenvalue weighted by Crippen LogP contribution is 2.18. The quantitative estimate of drug-likeness (QED) is 0.405. The molecule has 0 aliphatic carbocycles.